The van der Waals surface area contributed by atoms with Gasteiger partial charge in [-0.3, -0.25) is 9.48 Å². The van der Waals surface area contributed by atoms with Crippen molar-refractivity contribution >= 4 is 17.5 Å². The first-order valence-electron chi connectivity index (χ1n) is 6.90. The van der Waals surface area contributed by atoms with Crippen LogP contribution in [0, 0.1) is 13.8 Å². The van der Waals surface area contributed by atoms with E-state index in [1.807, 2.05) is 70.2 Å². The summed E-state index contributed by atoms with van der Waals surface area (Å²) in [6.07, 6.45) is 3.45. The molecule has 0 saturated heterocycles. The molecule has 0 atom stereocenters. The number of hydrogen-bond acceptors (Lipinski definition) is 3. The second kappa shape index (κ2) is 5.95. The zero-order valence-electron chi connectivity index (χ0n) is 13.2. The predicted molar refractivity (Wildman–Crippen MR) is 86.8 cm³/mol. The van der Waals surface area contributed by atoms with Gasteiger partial charge < -0.3 is 4.90 Å². The number of anilines is 1. The molecule has 21 heavy (non-hydrogen) atoms. The summed E-state index contributed by atoms with van der Waals surface area (Å²) >= 11 is 0. The van der Waals surface area contributed by atoms with Gasteiger partial charge in [-0.15, -0.1) is 0 Å². The molecule has 0 aliphatic heterocycles. The van der Waals surface area contributed by atoms with Crippen LogP contribution >= 0.6 is 0 Å². The molecule has 0 fully saturated rings. The SMILES string of the molecule is Cc1nn(C)c(C)c1C(=O)/C=C/c1ccc(N(C)C)cc1. The van der Waals surface area contributed by atoms with E-state index in [0.717, 1.165) is 22.6 Å². The van der Waals surface area contributed by atoms with Gasteiger partial charge in [0.15, 0.2) is 5.78 Å². The average Bonchev–Trinajstić information content (AvgIpc) is 2.70. The lowest BCUT2D eigenvalue weighted by Gasteiger charge is -2.11. The van der Waals surface area contributed by atoms with Crippen molar-refractivity contribution in [2.24, 2.45) is 7.05 Å². The van der Waals surface area contributed by atoms with Gasteiger partial charge in [-0.05, 0) is 37.6 Å². The van der Waals surface area contributed by atoms with Crippen LogP contribution in [0.3, 0.4) is 0 Å². The zero-order valence-corrected chi connectivity index (χ0v) is 13.2. The van der Waals surface area contributed by atoms with Gasteiger partial charge in [-0.1, -0.05) is 18.2 Å². The Morgan fingerprint density at radius 1 is 1.19 bits per heavy atom. The van der Waals surface area contributed by atoms with E-state index in [1.54, 1.807) is 10.8 Å². The second-order valence-electron chi connectivity index (χ2n) is 5.35. The van der Waals surface area contributed by atoms with E-state index in [1.165, 1.54) is 0 Å². The van der Waals surface area contributed by atoms with Crippen molar-refractivity contribution in [2.75, 3.05) is 19.0 Å². The molecule has 0 radical (unpaired) electrons. The number of benzene rings is 1. The third kappa shape index (κ3) is 3.21. The van der Waals surface area contributed by atoms with Crippen LogP contribution in [0.25, 0.3) is 6.08 Å². The summed E-state index contributed by atoms with van der Waals surface area (Å²) in [5.41, 5.74) is 4.50. The van der Waals surface area contributed by atoms with E-state index in [2.05, 4.69) is 5.10 Å². The Labute approximate surface area is 125 Å². The van der Waals surface area contributed by atoms with E-state index in [-0.39, 0.29) is 5.78 Å². The number of aromatic nitrogens is 2. The molecule has 1 aromatic heterocycles. The number of hydrogen-bond donors (Lipinski definition) is 0. The van der Waals surface area contributed by atoms with Gasteiger partial charge in [-0.2, -0.15) is 5.10 Å². The zero-order chi connectivity index (χ0) is 15.6. The quantitative estimate of drug-likeness (QED) is 0.639. The van der Waals surface area contributed by atoms with Crippen LogP contribution in [0.5, 0.6) is 0 Å². The first kappa shape index (κ1) is 15.0. The van der Waals surface area contributed by atoms with Crippen LogP contribution in [-0.2, 0) is 7.05 Å². The van der Waals surface area contributed by atoms with Crippen molar-refractivity contribution in [1.82, 2.24) is 9.78 Å². The molecule has 110 valence electrons. The maximum atomic E-state index is 12.3. The van der Waals surface area contributed by atoms with Crippen molar-refractivity contribution in [1.29, 1.82) is 0 Å². The minimum Gasteiger partial charge on any atom is -0.378 e. The number of rotatable bonds is 4. The fourth-order valence-corrected chi connectivity index (χ4v) is 2.27. The average molecular weight is 283 g/mol. The standard InChI is InChI=1S/C17H21N3O/c1-12-17(13(2)20(5)18-12)16(21)11-8-14-6-9-15(10-7-14)19(3)4/h6-11H,1-5H3/b11-8+. The summed E-state index contributed by atoms with van der Waals surface area (Å²) in [5.74, 6) is -0.00483. The molecule has 0 spiro atoms. The van der Waals surface area contributed by atoms with Crippen molar-refractivity contribution in [2.45, 2.75) is 13.8 Å². The monoisotopic (exact) mass is 283 g/mol. The summed E-state index contributed by atoms with van der Waals surface area (Å²) in [4.78, 5) is 14.3. The van der Waals surface area contributed by atoms with Crippen molar-refractivity contribution in [3.63, 3.8) is 0 Å². The second-order valence-corrected chi connectivity index (χ2v) is 5.35. The van der Waals surface area contributed by atoms with Gasteiger partial charge in [-0.25, -0.2) is 0 Å². The fourth-order valence-electron chi connectivity index (χ4n) is 2.27. The largest absolute Gasteiger partial charge is 0.378 e. The molecule has 4 heteroatoms. The van der Waals surface area contributed by atoms with Crippen LogP contribution in [0.4, 0.5) is 5.69 Å². The highest BCUT2D eigenvalue weighted by Crippen LogP contribution is 2.16. The van der Waals surface area contributed by atoms with Gasteiger partial charge >= 0.3 is 0 Å². The number of carbonyl (C=O) groups excluding carboxylic acids is 1. The Balaban J connectivity index is 2.19. The number of nitrogens with zero attached hydrogens (tertiary/aromatic N) is 3. The van der Waals surface area contributed by atoms with Crippen LogP contribution in [0.15, 0.2) is 30.3 Å². The van der Waals surface area contributed by atoms with E-state index in [9.17, 15) is 4.79 Å². The third-order valence-corrected chi connectivity index (χ3v) is 3.59. The first-order valence-corrected chi connectivity index (χ1v) is 6.90. The van der Waals surface area contributed by atoms with E-state index < -0.39 is 0 Å². The molecule has 1 aromatic carbocycles. The van der Waals surface area contributed by atoms with Crippen LogP contribution in [-0.4, -0.2) is 29.7 Å². The van der Waals surface area contributed by atoms with Crippen molar-refractivity contribution in [3.05, 3.63) is 52.9 Å². The maximum absolute atomic E-state index is 12.3. The van der Waals surface area contributed by atoms with Crippen LogP contribution in [0.2, 0.25) is 0 Å². The van der Waals surface area contributed by atoms with Crippen LogP contribution < -0.4 is 4.90 Å². The Hall–Kier alpha value is -2.36. The summed E-state index contributed by atoms with van der Waals surface area (Å²) in [5, 5.41) is 4.27. The van der Waals surface area contributed by atoms with E-state index in [0.29, 0.717) is 5.56 Å². The smallest absolute Gasteiger partial charge is 0.189 e. The molecule has 2 rings (SSSR count). The Kier molecular flexibility index (Phi) is 4.26. The van der Waals surface area contributed by atoms with E-state index >= 15 is 0 Å². The molecule has 0 saturated carbocycles. The molecule has 0 bridgehead atoms. The lowest BCUT2D eigenvalue weighted by molar-refractivity contribution is 0.104. The number of carbonyl (C=O) groups is 1. The van der Waals surface area contributed by atoms with Crippen molar-refractivity contribution < 1.29 is 4.79 Å². The lowest BCUT2D eigenvalue weighted by atomic mass is 10.1. The summed E-state index contributed by atoms with van der Waals surface area (Å²) in [7, 11) is 5.85. The molecule has 0 unspecified atom stereocenters. The molecule has 2 aromatic rings. The molecule has 0 aliphatic carbocycles. The van der Waals surface area contributed by atoms with E-state index in [4.69, 9.17) is 0 Å². The predicted octanol–water partition coefficient (Wildman–Crippen LogP) is 3.00. The first-order chi connectivity index (χ1) is 9.90. The van der Waals surface area contributed by atoms with Gasteiger partial charge in [0.25, 0.3) is 0 Å². The molecule has 0 N–H and O–H groups in total. The molecule has 0 aliphatic rings. The lowest BCUT2D eigenvalue weighted by Crippen LogP contribution is -2.07. The maximum Gasteiger partial charge on any atom is 0.189 e. The number of allylic oxidation sites excluding steroid dienone is 1. The van der Waals surface area contributed by atoms with Gasteiger partial charge in [0, 0.05) is 32.5 Å². The molecular weight excluding hydrogens is 262 g/mol. The molecule has 1 heterocycles. The Morgan fingerprint density at radius 2 is 1.81 bits per heavy atom. The minimum absolute atomic E-state index is 0.00483. The molecular formula is C17H21N3O. The molecule has 4 nitrogen and oxygen atoms in total. The van der Waals surface area contributed by atoms with Gasteiger partial charge in [0.2, 0.25) is 0 Å². The summed E-state index contributed by atoms with van der Waals surface area (Å²) in [6, 6.07) is 8.07. The van der Waals surface area contributed by atoms with Crippen LogP contribution in [0.1, 0.15) is 27.3 Å². The van der Waals surface area contributed by atoms with Gasteiger partial charge in [0.05, 0.1) is 11.3 Å². The third-order valence-electron chi connectivity index (χ3n) is 3.59. The Morgan fingerprint density at radius 3 is 2.29 bits per heavy atom. The van der Waals surface area contributed by atoms with Crippen molar-refractivity contribution in [3.8, 4) is 0 Å². The highest BCUT2D eigenvalue weighted by molar-refractivity contribution is 6.08. The number of aryl methyl sites for hydroxylation is 2. The Bertz CT molecular complexity index is 679. The van der Waals surface area contributed by atoms with Gasteiger partial charge in [0.1, 0.15) is 0 Å². The number of ketones is 1. The normalized spacial score (nSPS) is 11.1. The highest BCUT2D eigenvalue weighted by Gasteiger charge is 2.14. The summed E-state index contributed by atoms with van der Waals surface area (Å²) < 4.78 is 1.74. The highest BCUT2D eigenvalue weighted by atomic mass is 16.1. The minimum atomic E-state index is -0.00483. The fraction of sp³-hybridized carbons (Fsp3) is 0.294. The topological polar surface area (TPSA) is 38.1 Å². The summed E-state index contributed by atoms with van der Waals surface area (Å²) in [6.45, 7) is 3.77. The molecule has 0 amide bonds.